The summed E-state index contributed by atoms with van der Waals surface area (Å²) in [6.07, 6.45) is 3.49. The molecule has 7 nitrogen and oxygen atoms in total. The SMILES string of the molecule is C[C@@H]1C[C@H](n2ccc3c([N+](=O)[O-])ccnc32)O[C@@H]1CO. The maximum absolute atomic E-state index is 11.0. The van der Waals surface area contributed by atoms with E-state index in [1.54, 1.807) is 16.8 Å². The molecule has 0 saturated carbocycles. The van der Waals surface area contributed by atoms with Gasteiger partial charge in [0.05, 0.1) is 23.0 Å². The molecule has 20 heavy (non-hydrogen) atoms. The monoisotopic (exact) mass is 277 g/mol. The van der Waals surface area contributed by atoms with Crippen LogP contribution in [0.3, 0.4) is 0 Å². The molecule has 1 fully saturated rings. The van der Waals surface area contributed by atoms with Gasteiger partial charge in [-0.15, -0.1) is 0 Å². The van der Waals surface area contributed by atoms with Gasteiger partial charge in [0, 0.05) is 18.5 Å². The molecular formula is C13H15N3O4. The fraction of sp³-hybridized carbons (Fsp3) is 0.462. The Kier molecular flexibility index (Phi) is 3.15. The van der Waals surface area contributed by atoms with Gasteiger partial charge in [-0.05, 0) is 18.4 Å². The highest BCUT2D eigenvalue weighted by Gasteiger charge is 2.33. The molecule has 3 heterocycles. The lowest BCUT2D eigenvalue weighted by Gasteiger charge is -2.14. The predicted octanol–water partition coefficient (Wildman–Crippen LogP) is 1.86. The first kappa shape index (κ1) is 13.0. The molecule has 0 aromatic carbocycles. The second-order valence-corrected chi connectivity index (χ2v) is 5.07. The lowest BCUT2D eigenvalue weighted by atomic mass is 10.0. The maximum atomic E-state index is 11.0. The first-order valence-corrected chi connectivity index (χ1v) is 6.48. The Labute approximate surface area is 114 Å². The van der Waals surface area contributed by atoms with Crippen molar-refractivity contribution >= 4 is 16.7 Å². The Morgan fingerprint density at radius 1 is 1.60 bits per heavy atom. The van der Waals surface area contributed by atoms with Crippen LogP contribution in [0.2, 0.25) is 0 Å². The summed E-state index contributed by atoms with van der Waals surface area (Å²) in [6, 6.07) is 3.07. The number of aliphatic hydroxyl groups is 1. The van der Waals surface area contributed by atoms with Crippen molar-refractivity contribution in [3.8, 4) is 0 Å². The molecule has 7 heteroatoms. The average molecular weight is 277 g/mol. The molecule has 3 rings (SSSR count). The van der Waals surface area contributed by atoms with E-state index < -0.39 is 4.92 Å². The van der Waals surface area contributed by atoms with E-state index in [9.17, 15) is 15.2 Å². The van der Waals surface area contributed by atoms with Gasteiger partial charge in [-0.3, -0.25) is 10.1 Å². The summed E-state index contributed by atoms with van der Waals surface area (Å²) in [7, 11) is 0. The third-order valence-electron chi connectivity index (χ3n) is 3.82. The van der Waals surface area contributed by atoms with Crippen molar-refractivity contribution in [3.05, 3.63) is 34.6 Å². The summed E-state index contributed by atoms with van der Waals surface area (Å²) in [5.74, 6) is 0.237. The van der Waals surface area contributed by atoms with Crippen LogP contribution >= 0.6 is 0 Å². The van der Waals surface area contributed by atoms with E-state index in [1.807, 2.05) is 6.92 Å². The smallest absolute Gasteiger partial charge is 0.281 e. The Balaban J connectivity index is 2.02. The highest BCUT2D eigenvalue weighted by atomic mass is 16.6. The molecule has 1 aliphatic rings. The van der Waals surface area contributed by atoms with Crippen LogP contribution in [0.1, 0.15) is 19.6 Å². The second-order valence-electron chi connectivity index (χ2n) is 5.07. The number of hydrogen-bond acceptors (Lipinski definition) is 5. The lowest BCUT2D eigenvalue weighted by molar-refractivity contribution is -0.383. The van der Waals surface area contributed by atoms with Gasteiger partial charge in [-0.1, -0.05) is 6.92 Å². The van der Waals surface area contributed by atoms with E-state index in [4.69, 9.17) is 4.74 Å². The third-order valence-corrected chi connectivity index (χ3v) is 3.82. The molecule has 1 saturated heterocycles. The van der Waals surface area contributed by atoms with Crippen molar-refractivity contribution in [1.82, 2.24) is 9.55 Å². The molecule has 2 aromatic heterocycles. The molecule has 1 N–H and O–H groups in total. The minimum atomic E-state index is -0.414. The van der Waals surface area contributed by atoms with Crippen LogP contribution in [0.25, 0.3) is 11.0 Å². The zero-order valence-corrected chi connectivity index (χ0v) is 11.0. The van der Waals surface area contributed by atoms with Crippen molar-refractivity contribution in [2.45, 2.75) is 25.7 Å². The summed E-state index contributed by atoms with van der Waals surface area (Å²) in [6.45, 7) is 1.99. The van der Waals surface area contributed by atoms with E-state index >= 15 is 0 Å². The summed E-state index contributed by atoms with van der Waals surface area (Å²) in [4.78, 5) is 14.8. The first-order chi connectivity index (χ1) is 9.61. The molecule has 0 radical (unpaired) electrons. The minimum absolute atomic E-state index is 0.0234. The Morgan fingerprint density at radius 3 is 3.05 bits per heavy atom. The van der Waals surface area contributed by atoms with Gasteiger partial charge in [0.2, 0.25) is 0 Å². The van der Waals surface area contributed by atoms with Crippen LogP contribution in [-0.4, -0.2) is 32.3 Å². The predicted molar refractivity (Wildman–Crippen MR) is 71.2 cm³/mol. The van der Waals surface area contributed by atoms with Crippen LogP contribution in [0.15, 0.2) is 24.5 Å². The van der Waals surface area contributed by atoms with Crippen LogP contribution < -0.4 is 0 Å². The van der Waals surface area contributed by atoms with Gasteiger partial charge in [0.15, 0.2) is 0 Å². The van der Waals surface area contributed by atoms with Crippen molar-refractivity contribution in [2.75, 3.05) is 6.61 Å². The zero-order valence-electron chi connectivity index (χ0n) is 11.0. The maximum Gasteiger partial charge on any atom is 0.281 e. The van der Waals surface area contributed by atoms with Crippen LogP contribution in [0, 0.1) is 16.0 Å². The highest BCUT2D eigenvalue weighted by Crippen LogP contribution is 2.36. The lowest BCUT2D eigenvalue weighted by Crippen LogP contribution is -2.18. The quantitative estimate of drug-likeness (QED) is 0.683. The summed E-state index contributed by atoms with van der Waals surface area (Å²) >= 11 is 0. The van der Waals surface area contributed by atoms with Gasteiger partial charge >= 0.3 is 0 Å². The fourth-order valence-corrected chi connectivity index (χ4v) is 2.70. The number of ether oxygens (including phenoxy) is 1. The van der Waals surface area contributed by atoms with Gasteiger partial charge in [-0.2, -0.15) is 0 Å². The number of nitrogens with zero attached hydrogens (tertiary/aromatic N) is 3. The molecule has 0 aliphatic carbocycles. The van der Waals surface area contributed by atoms with E-state index in [-0.39, 0.29) is 30.5 Å². The third kappa shape index (κ3) is 1.95. The molecule has 0 unspecified atom stereocenters. The van der Waals surface area contributed by atoms with Gasteiger partial charge in [-0.25, -0.2) is 4.98 Å². The minimum Gasteiger partial charge on any atom is -0.394 e. The standard InChI is InChI=1S/C13H15N3O4/c1-8-6-12(20-11(8)7-17)15-5-3-9-10(16(18)19)2-4-14-13(9)15/h2-5,8,11-12,17H,6-7H2,1H3/t8-,11-,12-/m1/s1. The summed E-state index contributed by atoms with van der Waals surface area (Å²) < 4.78 is 7.58. The van der Waals surface area contributed by atoms with E-state index in [0.29, 0.717) is 11.0 Å². The van der Waals surface area contributed by atoms with Crippen molar-refractivity contribution in [3.63, 3.8) is 0 Å². The van der Waals surface area contributed by atoms with Crippen LogP contribution in [-0.2, 0) is 4.74 Å². The number of aromatic nitrogens is 2. The Hall–Kier alpha value is -1.99. The van der Waals surface area contributed by atoms with E-state index in [1.165, 1.54) is 12.3 Å². The van der Waals surface area contributed by atoms with Crippen LogP contribution in [0.5, 0.6) is 0 Å². The number of aliphatic hydroxyl groups excluding tert-OH is 1. The second kappa shape index (κ2) is 4.84. The Bertz CT molecular complexity index is 654. The van der Waals surface area contributed by atoms with Crippen LogP contribution in [0.4, 0.5) is 5.69 Å². The molecule has 0 bridgehead atoms. The first-order valence-electron chi connectivity index (χ1n) is 6.48. The summed E-state index contributed by atoms with van der Waals surface area (Å²) in [5, 5.41) is 20.7. The average Bonchev–Trinajstić information content (AvgIpc) is 3.01. The molecule has 106 valence electrons. The molecule has 1 aliphatic heterocycles. The molecule has 2 aromatic rings. The number of rotatable bonds is 3. The number of fused-ring (bicyclic) bond motifs is 1. The van der Waals surface area contributed by atoms with Crippen molar-refractivity contribution in [1.29, 1.82) is 0 Å². The van der Waals surface area contributed by atoms with Gasteiger partial charge < -0.3 is 14.4 Å². The molecule has 0 spiro atoms. The van der Waals surface area contributed by atoms with Crippen molar-refractivity contribution < 1.29 is 14.8 Å². The van der Waals surface area contributed by atoms with E-state index in [2.05, 4.69) is 4.98 Å². The molecule has 0 amide bonds. The number of nitro groups is 1. The van der Waals surface area contributed by atoms with Crippen molar-refractivity contribution in [2.24, 2.45) is 5.92 Å². The van der Waals surface area contributed by atoms with Gasteiger partial charge in [0.25, 0.3) is 5.69 Å². The fourth-order valence-electron chi connectivity index (χ4n) is 2.70. The van der Waals surface area contributed by atoms with E-state index in [0.717, 1.165) is 6.42 Å². The molecular weight excluding hydrogens is 262 g/mol. The normalized spacial score (nSPS) is 26.2. The summed E-state index contributed by atoms with van der Waals surface area (Å²) in [5.41, 5.74) is 0.577. The molecule has 3 atom stereocenters. The number of pyridine rings is 1. The highest BCUT2D eigenvalue weighted by molar-refractivity contribution is 5.85. The largest absolute Gasteiger partial charge is 0.394 e. The zero-order chi connectivity index (χ0) is 14.3. The Morgan fingerprint density at radius 2 is 2.40 bits per heavy atom. The van der Waals surface area contributed by atoms with Gasteiger partial charge in [0.1, 0.15) is 11.9 Å². The number of hydrogen-bond donors (Lipinski definition) is 1. The topological polar surface area (TPSA) is 90.4 Å².